The summed E-state index contributed by atoms with van der Waals surface area (Å²) in [7, 11) is 0. The van der Waals surface area contributed by atoms with Gasteiger partial charge in [-0.3, -0.25) is 4.79 Å². The molecule has 0 bridgehead atoms. The fourth-order valence-electron chi connectivity index (χ4n) is 3.88. The highest BCUT2D eigenvalue weighted by Gasteiger charge is 2.40. The number of carbonyl (C=O) groups is 1. The van der Waals surface area contributed by atoms with Gasteiger partial charge in [0.2, 0.25) is 5.91 Å². The topological polar surface area (TPSA) is 64.9 Å². The molecule has 7 heteroatoms. The molecule has 2 heterocycles. The van der Waals surface area contributed by atoms with Crippen molar-refractivity contribution in [2.75, 3.05) is 11.1 Å². The lowest BCUT2D eigenvalue weighted by molar-refractivity contribution is -0.116. The van der Waals surface area contributed by atoms with Gasteiger partial charge in [0.25, 0.3) is 0 Å². The molecule has 1 aromatic carbocycles. The van der Waals surface area contributed by atoms with Gasteiger partial charge in [0.15, 0.2) is 0 Å². The third kappa shape index (κ3) is 5.19. The number of thiophene rings is 1. The molecule has 1 aliphatic heterocycles. The highest BCUT2D eigenvalue weighted by Crippen LogP contribution is 2.44. The van der Waals surface area contributed by atoms with Crippen LogP contribution in [0.1, 0.15) is 56.5 Å². The minimum absolute atomic E-state index is 0.0789. The number of rotatable bonds is 6. The molecule has 29 heavy (non-hydrogen) atoms. The molecular weight excluding hydrogens is 405 g/mol. The summed E-state index contributed by atoms with van der Waals surface area (Å²) in [6, 6.07) is 8.67. The van der Waals surface area contributed by atoms with E-state index in [2.05, 4.69) is 44.4 Å². The van der Waals surface area contributed by atoms with E-state index in [0.29, 0.717) is 23.4 Å². The molecule has 0 radical (unpaired) electrons. The predicted octanol–water partition coefficient (Wildman–Crippen LogP) is 5.43. The predicted molar refractivity (Wildman–Crippen MR) is 118 cm³/mol. The first kappa shape index (κ1) is 21.8. The number of fused-ring (bicyclic) bond motifs is 1. The Bertz CT molecular complexity index is 942. The lowest BCUT2D eigenvalue weighted by Gasteiger charge is -2.42. The van der Waals surface area contributed by atoms with Crippen molar-refractivity contribution in [3.8, 4) is 6.07 Å². The van der Waals surface area contributed by atoms with Crippen molar-refractivity contribution in [2.24, 2.45) is 0 Å². The third-order valence-electron chi connectivity index (χ3n) is 4.84. The first-order chi connectivity index (χ1) is 13.6. The summed E-state index contributed by atoms with van der Waals surface area (Å²) in [5.41, 5.74) is 1.29. The molecule has 0 unspecified atom stereocenters. The number of carbonyl (C=O) groups excluding carboxylic acids is 1. The summed E-state index contributed by atoms with van der Waals surface area (Å²) in [4.78, 5) is 14.6. The molecule has 154 valence electrons. The first-order valence-corrected chi connectivity index (χ1v) is 11.5. The molecule has 0 spiro atoms. The number of nitriles is 1. The maximum atomic E-state index is 12.9. The standard InChI is InChI=1S/C22H26FN3OS2/c1-21(2)12-16-17(13-24)20(29-19(16)22(3,4)26-21)25-18(27)6-5-11-28-15-9-7-14(23)8-10-15/h7-10,26H,5-6,11-12H2,1-4H3,(H,25,27). The van der Waals surface area contributed by atoms with Gasteiger partial charge in [-0.25, -0.2) is 4.39 Å². The van der Waals surface area contributed by atoms with E-state index in [9.17, 15) is 14.4 Å². The van der Waals surface area contributed by atoms with Crippen LogP contribution >= 0.6 is 23.1 Å². The van der Waals surface area contributed by atoms with Crippen molar-refractivity contribution in [1.82, 2.24) is 5.32 Å². The van der Waals surface area contributed by atoms with Crippen LogP contribution in [0, 0.1) is 17.1 Å². The Balaban J connectivity index is 1.61. The Hall–Kier alpha value is -1.88. The highest BCUT2D eigenvalue weighted by atomic mass is 32.2. The molecule has 2 aromatic rings. The minimum Gasteiger partial charge on any atom is -0.317 e. The number of halogens is 1. The SMILES string of the molecule is CC1(C)Cc2c(sc(NC(=O)CCCSc3ccc(F)cc3)c2C#N)C(C)(C)N1. The van der Waals surface area contributed by atoms with Crippen LogP contribution in [0.5, 0.6) is 0 Å². The van der Waals surface area contributed by atoms with Crippen molar-refractivity contribution in [3.05, 3.63) is 46.1 Å². The van der Waals surface area contributed by atoms with Crippen LogP contribution in [0.15, 0.2) is 29.2 Å². The number of anilines is 1. The van der Waals surface area contributed by atoms with Crippen LogP contribution in [-0.4, -0.2) is 17.2 Å². The fraction of sp³-hybridized carbons (Fsp3) is 0.455. The lowest BCUT2D eigenvalue weighted by Crippen LogP contribution is -2.54. The Morgan fingerprint density at radius 1 is 1.31 bits per heavy atom. The van der Waals surface area contributed by atoms with Gasteiger partial charge in [-0.15, -0.1) is 23.1 Å². The maximum absolute atomic E-state index is 12.9. The molecule has 0 fully saturated rings. The minimum atomic E-state index is -0.248. The van der Waals surface area contributed by atoms with Crippen LogP contribution in [0.2, 0.25) is 0 Å². The number of nitrogens with one attached hydrogen (secondary N) is 2. The zero-order valence-electron chi connectivity index (χ0n) is 17.2. The maximum Gasteiger partial charge on any atom is 0.225 e. The molecule has 0 saturated carbocycles. The summed E-state index contributed by atoms with van der Waals surface area (Å²) < 4.78 is 12.9. The smallest absolute Gasteiger partial charge is 0.225 e. The van der Waals surface area contributed by atoms with E-state index in [0.717, 1.165) is 27.5 Å². The van der Waals surface area contributed by atoms with Crippen LogP contribution in [0.4, 0.5) is 9.39 Å². The molecule has 1 aromatic heterocycles. The van der Waals surface area contributed by atoms with Crippen molar-refractivity contribution in [2.45, 2.75) is 62.9 Å². The second-order valence-electron chi connectivity index (χ2n) is 8.49. The number of nitrogens with zero attached hydrogens (tertiary/aromatic N) is 1. The van der Waals surface area contributed by atoms with Crippen LogP contribution in [-0.2, 0) is 16.8 Å². The van der Waals surface area contributed by atoms with E-state index in [1.165, 1.54) is 23.5 Å². The van der Waals surface area contributed by atoms with Gasteiger partial charge in [0.05, 0.1) is 5.56 Å². The van der Waals surface area contributed by atoms with Gasteiger partial charge < -0.3 is 10.6 Å². The van der Waals surface area contributed by atoms with Gasteiger partial charge in [0.1, 0.15) is 16.9 Å². The van der Waals surface area contributed by atoms with Crippen molar-refractivity contribution >= 4 is 34.0 Å². The molecule has 2 N–H and O–H groups in total. The number of benzene rings is 1. The quantitative estimate of drug-likeness (QED) is 0.473. The molecule has 0 atom stereocenters. The van der Waals surface area contributed by atoms with Crippen LogP contribution in [0.25, 0.3) is 0 Å². The second kappa shape index (κ2) is 8.47. The van der Waals surface area contributed by atoms with Crippen molar-refractivity contribution in [1.29, 1.82) is 5.26 Å². The Morgan fingerprint density at radius 3 is 2.66 bits per heavy atom. The lowest BCUT2D eigenvalue weighted by atomic mass is 9.81. The molecule has 1 aliphatic rings. The van der Waals surface area contributed by atoms with Gasteiger partial charge in [-0.05, 0) is 76.1 Å². The molecule has 1 amide bonds. The summed E-state index contributed by atoms with van der Waals surface area (Å²) >= 11 is 3.10. The Labute approximate surface area is 179 Å². The summed E-state index contributed by atoms with van der Waals surface area (Å²) in [5, 5.41) is 17.0. The monoisotopic (exact) mass is 431 g/mol. The van der Waals surface area contributed by atoms with Crippen LogP contribution < -0.4 is 10.6 Å². The summed E-state index contributed by atoms with van der Waals surface area (Å²) in [6.45, 7) is 8.49. The van der Waals surface area contributed by atoms with E-state index >= 15 is 0 Å². The number of thioether (sulfide) groups is 1. The van der Waals surface area contributed by atoms with Crippen molar-refractivity contribution in [3.63, 3.8) is 0 Å². The summed E-state index contributed by atoms with van der Waals surface area (Å²) in [5.74, 6) is 0.447. The first-order valence-electron chi connectivity index (χ1n) is 9.65. The highest BCUT2D eigenvalue weighted by molar-refractivity contribution is 7.99. The molecule has 0 aliphatic carbocycles. The van der Waals surface area contributed by atoms with E-state index in [1.807, 2.05) is 0 Å². The van der Waals surface area contributed by atoms with Gasteiger partial charge in [0, 0.05) is 27.3 Å². The normalized spacial score (nSPS) is 16.7. The molecular formula is C22H26FN3OS2. The van der Waals surface area contributed by atoms with Gasteiger partial charge in [-0.1, -0.05) is 0 Å². The average Bonchev–Trinajstić information content (AvgIpc) is 2.96. The fourth-order valence-corrected chi connectivity index (χ4v) is 5.97. The molecule has 0 saturated heterocycles. The summed E-state index contributed by atoms with van der Waals surface area (Å²) in [6.07, 6.45) is 1.85. The zero-order valence-corrected chi connectivity index (χ0v) is 18.8. The number of hydrogen-bond donors (Lipinski definition) is 2. The average molecular weight is 432 g/mol. The van der Waals surface area contributed by atoms with Gasteiger partial charge >= 0.3 is 0 Å². The van der Waals surface area contributed by atoms with Crippen LogP contribution in [0.3, 0.4) is 0 Å². The Morgan fingerprint density at radius 2 is 2.00 bits per heavy atom. The zero-order chi connectivity index (χ0) is 21.2. The third-order valence-corrected chi connectivity index (χ3v) is 7.41. The largest absolute Gasteiger partial charge is 0.317 e. The number of amides is 1. The van der Waals surface area contributed by atoms with E-state index in [-0.39, 0.29) is 22.8 Å². The van der Waals surface area contributed by atoms with Crippen molar-refractivity contribution < 1.29 is 9.18 Å². The van der Waals surface area contributed by atoms with E-state index in [4.69, 9.17) is 0 Å². The molecule has 3 rings (SSSR count). The van der Waals surface area contributed by atoms with E-state index < -0.39 is 0 Å². The number of hydrogen-bond acceptors (Lipinski definition) is 5. The molecule has 4 nitrogen and oxygen atoms in total. The van der Waals surface area contributed by atoms with Gasteiger partial charge in [-0.2, -0.15) is 5.26 Å². The second-order valence-corrected chi connectivity index (χ2v) is 10.7. The Kier molecular flexibility index (Phi) is 6.37. The van der Waals surface area contributed by atoms with E-state index in [1.54, 1.807) is 23.9 Å².